The minimum absolute atomic E-state index is 0.267. The molecule has 3 heteroatoms. The molecule has 1 saturated carbocycles. The molecule has 2 rings (SSSR count). The maximum Gasteiger partial charge on any atom is 0.146 e. The summed E-state index contributed by atoms with van der Waals surface area (Å²) in [6.45, 7) is 5.09. The van der Waals surface area contributed by atoms with Crippen LogP contribution in [0.2, 0.25) is 0 Å². The highest BCUT2D eigenvalue weighted by atomic mass is 19.1. The Hall–Kier alpha value is -1.09. The van der Waals surface area contributed by atoms with Crippen molar-refractivity contribution < 1.29 is 4.39 Å². The van der Waals surface area contributed by atoms with Gasteiger partial charge < -0.3 is 11.1 Å². The molecule has 0 bridgehead atoms. The van der Waals surface area contributed by atoms with Gasteiger partial charge in [0.15, 0.2) is 0 Å². The summed E-state index contributed by atoms with van der Waals surface area (Å²) < 4.78 is 13.1. The van der Waals surface area contributed by atoms with E-state index in [4.69, 9.17) is 5.73 Å². The minimum atomic E-state index is -0.329. The fourth-order valence-corrected chi connectivity index (χ4v) is 1.78. The normalized spacial score (nSPS) is 22.7. The highest BCUT2D eigenvalue weighted by molar-refractivity contribution is 5.47. The fourth-order valence-electron chi connectivity index (χ4n) is 1.78. The number of hydrogen-bond donors (Lipinski definition) is 2. The van der Waals surface area contributed by atoms with Crippen LogP contribution in [0.4, 0.5) is 10.1 Å². The van der Waals surface area contributed by atoms with Gasteiger partial charge in [-0.25, -0.2) is 4.39 Å². The Morgan fingerprint density at radius 2 is 2.20 bits per heavy atom. The molecule has 0 aromatic heterocycles. The monoisotopic (exact) mass is 208 g/mol. The number of nitrogens with one attached hydrogen (secondary N) is 1. The van der Waals surface area contributed by atoms with Crippen LogP contribution in [0.5, 0.6) is 0 Å². The Balaban J connectivity index is 1.97. The van der Waals surface area contributed by atoms with Crippen molar-refractivity contribution in [2.75, 3.05) is 5.73 Å². The van der Waals surface area contributed by atoms with E-state index >= 15 is 0 Å². The van der Waals surface area contributed by atoms with E-state index in [-0.39, 0.29) is 11.5 Å². The third-order valence-corrected chi connectivity index (χ3v) is 3.20. The molecule has 15 heavy (non-hydrogen) atoms. The lowest BCUT2D eigenvalue weighted by Crippen LogP contribution is -2.20. The Kier molecular flexibility index (Phi) is 2.43. The van der Waals surface area contributed by atoms with Gasteiger partial charge in [-0.15, -0.1) is 0 Å². The van der Waals surface area contributed by atoms with Gasteiger partial charge in [-0.3, -0.25) is 0 Å². The molecule has 0 radical (unpaired) electrons. The molecular formula is C12H17FN2. The highest BCUT2D eigenvalue weighted by Crippen LogP contribution is 2.44. The standard InChI is InChI=1S/C12H17FN2/c1-12(2)6-10(12)15-7-8-4-3-5-9(13)11(8)14/h3-5,10,15H,6-7,14H2,1-2H3. The Morgan fingerprint density at radius 1 is 1.53 bits per heavy atom. The molecule has 0 aliphatic heterocycles. The molecule has 0 saturated heterocycles. The number of anilines is 1. The molecule has 0 spiro atoms. The van der Waals surface area contributed by atoms with Crippen LogP contribution in [-0.4, -0.2) is 6.04 Å². The Labute approximate surface area is 89.7 Å². The highest BCUT2D eigenvalue weighted by Gasteiger charge is 2.44. The van der Waals surface area contributed by atoms with Crippen LogP contribution >= 0.6 is 0 Å². The minimum Gasteiger partial charge on any atom is -0.396 e. The van der Waals surface area contributed by atoms with E-state index in [0.717, 1.165) is 5.56 Å². The zero-order chi connectivity index (χ0) is 11.1. The first-order chi connectivity index (χ1) is 7.00. The van der Waals surface area contributed by atoms with Crippen molar-refractivity contribution in [3.05, 3.63) is 29.6 Å². The van der Waals surface area contributed by atoms with Gasteiger partial charge in [-0.2, -0.15) is 0 Å². The second-order valence-corrected chi connectivity index (χ2v) is 4.94. The summed E-state index contributed by atoms with van der Waals surface area (Å²) in [5, 5.41) is 3.38. The van der Waals surface area contributed by atoms with Gasteiger partial charge in [0.1, 0.15) is 5.82 Å². The number of benzene rings is 1. The van der Waals surface area contributed by atoms with Crippen molar-refractivity contribution in [2.45, 2.75) is 32.9 Å². The van der Waals surface area contributed by atoms with Crippen LogP contribution in [0.15, 0.2) is 18.2 Å². The lowest BCUT2D eigenvalue weighted by atomic mass is 10.1. The molecule has 2 nitrogen and oxygen atoms in total. The van der Waals surface area contributed by atoms with E-state index in [1.54, 1.807) is 6.07 Å². The molecule has 1 unspecified atom stereocenters. The Bertz CT molecular complexity index is 374. The summed E-state index contributed by atoms with van der Waals surface area (Å²) in [4.78, 5) is 0. The summed E-state index contributed by atoms with van der Waals surface area (Å²) in [5.74, 6) is -0.329. The van der Waals surface area contributed by atoms with E-state index in [1.165, 1.54) is 12.5 Å². The molecule has 0 amide bonds. The summed E-state index contributed by atoms with van der Waals surface area (Å²) in [6, 6.07) is 5.49. The van der Waals surface area contributed by atoms with Crippen molar-refractivity contribution in [2.24, 2.45) is 5.41 Å². The van der Waals surface area contributed by atoms with Gasteiger partial charge >= 0.3 is 0 Å². The third-order valence-electron chi connectivity index (χ3n) is 3.20. The average molecular weight is 208 g/mol. The number of para-hydroxylation sites is 1. The van der Waals surface area contributed by atoms with Crippen LogP contribution in [-0.2, 0) is 6.54 Å². The SMILES string of the molecule is CC1(C)CC1NCc1cccc(F)c1N. The Morgan fingerprint density at radius 3 is 2.80 bits per heavy atom. The van der Waals surface area contributed by atoms with Crippen LogP contribution in [0.3, 0.4) is 0 Å². The molecule has 1 atom stereocenters. The van der Waals surface area contributed by atoms with Crippen molar-refractivity contribution in [3.63, 3.8) is 0 Å². The van der Waals surface area contributed by atoms with Crippen LogP contribution < -0.4 is 11.1 Å². The second kappa shape index (κ2) is 3.49. The number of rotatable bonds is 3. The van der Waals surface area contributed by atoms with E-state index in [0.29, 0.717) is 18.0 Å². The van der Waals surface area contributed by atoms with E-state index < -0.39 is 0 Å². The fraction of sp³-hybridized carbons (Fsp3) is 0.500. The van der Waals surface area contributed by atoms with Gasteiger partial charge in [0.25, 0.3) is 0 Å². The molecule has 82 valence electrons. The molecule has 1 aromatic carbocycles. The molecule has 1 fully saturated rings. The van der Waals surface area contributed by atoms with Crippen LogP contribution in [0.25, 0.3) is 0 Å². The average Bonchev–Trinajstić information content (AvgIpc) is 2.77. The third kappa shape index (κ3) is 2.12. The van der Waals surface area contributed by atoms with Gasteiger partial charge in [0.05, 0.1) is 5.69 Å². The summed E-state index contributed by atoms with van der Waals surface area (Å²) >= 11 is 0. The zero-order valence-electron chi connectivity index (χ0n) is 9.18. The lowest BCUT2D eigenvalue weighted by molar-refractivity contribution is 0.541. The first-order valence-electron chi connectivity index (χ1n) is 5.27. The first kappa shape index (κ1) is 10.4. The van der Waals surface area contributed by atoms with Gasteiger partial charge in [0, 0.05) is 12.6 Å². The topological polar surface area (TPSA) is 38.0 Å². The smallest absolute Gasteiger partial charge is 0.146 e. The first-order valence-corrected chi connectivity index (χ1v) is 5.27. The van der Waals surface area contributed by atoms with Crippen molar-refractivity contribution in [1.29, 1.82) is 0 Å². The number of nitrogen functional groups attached to an aromatic ring is 1. The number of nitrogens with two attached hydrogens (primary N) is 1. The largest absolute Gasteiger partial charge is 0.396 e. The quantitative estimate of drug-likeness (QED) is 0.748. The predicted octanol–water partition coefficient (Wildman–Crippen LogP) is 2.30. The maximum atomic E-state index is 13.1. The van der Waals surface area contributed by atoms with E-state index in [2.05, 4.69) is 19.2 Å². The van der Waals surface area contributed by atoms with E-state index in [1.807, 2.05) is 6.07 Å². The van der Waals surface area contributed by atoms with Crippen LogP contribution in [0.1, 0.15) is 25.8 Å². The van der Waals surface area contributed by atoms with Crippen molar-refractivity contribution in [3.8, 4) is 0 Å². The van der Waals surface area contributed by atoms with Gasteiger partial charge in [-0.05, 0) is 23.5 Å². The zero-order valence-corrected chi connectivity index (χ0v) is 9.18. The molecule has 0 heterocycles. The molecule has 1 aliphatic rings. The van der Waals surface area contributed by atoms with Crippen molar-refractivity contribution in [1.82, 2.24) is 5.32 Å². The summed E-state index contributed by atoms with van der Waals surface area (Å²) in [5.41, 5.74) is 7.14. The van der Waals surface area contributed by atoms with Crippen molar-refractivity contribution >= 4 is 5.69 Å². The summed E-state index contributed by atoms with van der Waals surface area (Å²) in [7, 11) is 0. The lowest BCUT2D eigenvalue weighted by Gasteiger charge is -2.09. The van der Waals surface area contributed by atoms with Crippen LogP contribution in [0, 0.1) is 11.2 Å². The second-order valence-electron chi connectivity index (χ2n) is 4.94. The molecular weight excluding hydrogens is 191 g/mol. The number of hydrogen-bond acceptors (Lipinski definition) is 2. The maximum absolute atomic E-state index is 13.1. The van der Waals surface area contributed by atoms with E-state index in [9.17, 15) is 4.39 Å². The molecule has 1 aromatic rings. The van der Waals surface area contributed by atoms with Gasteiger partial charge in [-0.1, -0.05) is 26.0 Å². The predicted molar refractivity (Wildman–Crippen MR) is 59.8 cm³/mol. The number of halogens is 1. The molecule has 1 aliphatic carbocycles. The molecule has 3 N–H and O–H groups in total. The summed E-state index contributed by atoms with van der Waals surface area (Å²) in [6.07, 6.45) is 1.18. The van der Waals surface area contributed by atoms with Gasteiger partial charge in [0.2, 0.25) is 0 Å².